The molecule has 2 N–H and O–H groups in total. The van der Waals surface area contributed by atoms with Gasteiger partial charge in [0.05, 0.1) is 6.61 Å². The molecule has 1 saturated heterocycles. The van der Waals surface area contributed by atoms with E-state index in [0.717, 1.165) is 32.1 Å². The highest BCUT2D eigenvalue weighted by Crippen LogP contribution is 2.11. The topological polar surface area (TPSA) is 78.4 Å². The van der Waals surface area contributed by atoms with E-state index >= 15 is 0 Å². The fourth-order valence-corrected chi connectivity index (χ4v) is 2.53. The lowest BCUT2D eigenvalue weighted by molar-refractivity contribution is 0.0147. The number of hydrogen-bond donors (Lipinski definition) is 2. The van der Waals surface area contributed by atoms with Crippen molar-refractivity contribution in [3.8, 4) is 0 Å². The van der Waals surface area contributed by atoms with Gasteiger partial charge in [-0.05, 0) is 27.7 Å². The standard InChI is InChI=1S/C17H35N5O3.HI/c1-14(13-24-6)20-15(18-5)19-7-8-21-9-11-22(12-10-21)16(23)25-17(2,3)4;/h14H,7-13H2,1-6H3,(H2,18,19,20);1H. The molecule has 1 aliphatic heterocycles. The number of piperazine rings is 1. The van der Waals surface area contributed by atoms with Crippen LogP contribution in [0.25, 0.3) is 0 Å². The van der Waals surface area contributed by atoms with Gasteiger partial charge < -0.3 is 25.0 Å². The third-order valence-electron chi connectivity index (χ3n) is 3.77. The molecule has 0 aromatic carbocycles. The number of ether oxygens (including phenoxy) is 2. The summed E-state index contributed by atoms with van der Waals surface area (Å²) in [4.78, 5) is 20.4. The Morgan fingerprint density at radius 1 is 1.23 bits per heavy atom. The second-order valence-electron chi connectivity index (χ2n) is 7.31. The molecule has 0 aromatic rings. The first-order chi connectivity index (χ1) is 11.7. The summed E-state index contributed by atoms with van der Waals surface area (Å²) < 4.78 is 10.5. The fourth-order valence-electron chi connectivity index (χ4n) is 2.53. The summed E-state index contributed by atoms with van der Waals surface area (Å²) >= 11 is 0. The van der Waals surface area contributed by atoms with Crippen LogP contribution in [0, 0.1) is 0 Å². The van der Waals surface area contributed by atoms with Crippen LogP contribution < -0.4 is 10.6 Å². The second-order valence-corrected chi connectivity index (χ2v) is 7.31. The van der Waals surface area contributed by atoms with Crippen LogP contribution in [-0.2, 0) is 9.47 Å². The Balaban J connectivity index is 0.00000625. The molecule has 0 bridgehead atoms. The average molecular weight is 485 g/mol. The highest BCUT2D eigenvalue weighted by Gasteiger charge is 2.25. The Hall–Kier alpha value is -0.810. The van der Waals surface area contributed by atoms with Crippen LogP contribution in [0.5, 0.6) is 0 Å². The molecule has 154 valence electrons. The van der Waals surface area contributed by atoms with Crippen LogP contribution in [0.2, 0.25) is 0 Å². The van der Waals surface area contributed by atoms with Crippen molar-refractivity contribution >= 4 is 36.0 Å². The molecule has 0 aliphatic carbocycles. The number of halogens is 1. The van der Waals surface area contributed by atoms with Crippen LogP contribution in [0.3, 0.4) is 0 Å². The van der Waals surface area contributed by atoms with Crippen molar-refractivity contribution in [1.29, 1.82) is 0 Å². The quantitative estimate of drug-likeness (QED) is 0.336. The first-order valence-corrected chi connectivity index (χ1v) is 8.91. The number of amides is 1. The molecule has 8 nitrogen and oxygen atoms in total. The summed E-state index contributed by atoms with van der Waals surface area (Å²) in [5, 5.41) is 6.58. The monoisotopic (exact) mass is 485 g/mol. The molecule has 1 heterocycles. The molecule has 1 rings (SSSR count). The summed E-state index contributed by atoms with van der Waals surface area (Å²) in [7, 11) is 3.44. The largest absolute Gasteiger partial charge is 0.444 e. The van der Waals surface area contributed by atoms with E-state index in [9.17, 15) is 4.79 Å². The third-order valence-corrected chi connectivity index (χ3v) is 3.77. The Bertz CT molecular complexity index is 435. The maximum Gasteiger partial charge on any atom is 0.410 e. The molecular formula is C17H36IN5O3. The molecule has 0 spiro atoms. The number of carbonyl (C=O) groups is 1. The van der Waals surface area contributed by atoms with Crippen LogP contribution in [0.15, 0.2) is 4.99 Å². The first kappa shape index (κ1) is 25.2. The van der Waals surface area contributed by atoms with Crippen LogP contribution in [0.4, 0.5) is 4.79 Å². The molecule has 9 heteroatoms. The number of guanidine groups is 1. The minimum atomic E-state index is -0.443. The Morgan fingerprint density at radius 3 is 2.35 bits per heavy atom. The number of carbonyl (C=O) groups excluding carboxylic acids is 1. The van der Waals surface area contributed by atoms with Gasteiger partial charge in [-0.3, -0.25) is 9.89 Å². The highest BCUT2D eigenvalue weighted by molar-refractivity contribution is 14.0. The predicted molar refractivity (Wildman–Crippen MR) is 115 cm³/mol. The summed E-state index contributed by atoms with van der Waals surface area (Å²) in [6, 6.07) is 0.202. The number of methoxy groups -OCH3 is 1. The summed E-state index contributed by atoms with van der Waals surface area (Å²) in [6.07, 6.45) is -0.220. The maximum atomic E-state index is 12.1. The lowest BCUT2D eigenvalue weighted by atomic mass is 10.2. The zero-order valence-electron chi connectivity index (χ0n) is 17.0. The Labute approximate surface area is 175 Å². The second kappa shape index (κ2) is 12.6. The van der Waals surface area contributed by atoms with E-state index in [1.54, 1.807) is 19.1 Å². The number of nitrogens with zero attached hydrogens (tertiary/aromatic N) is 3. The Morgan fingerprint density at radius 2 is 1.85 bits per heavy atom. The predicted octanol–water partition coefficient (Wildman–Crippen LogP) is 1.36. The SMILES string of the molecule is CN=C(NCCN1CCN(C(=O)OC(C)(C)C)CC1)NC(C)COC.I. The van der Waals surface area contributed by atoms with Crippen molar-refractivity contribution in [2.45, 2.75) is 39.3 Å². The van der Waals surface area contributed by atoms with Gasteiger partial charge in [0.1, 0.15) is 5.60 Å². The maximum absolute atomic E-state index is 12.1. The van der Waals surface area contributed by atoms with Crippen molar-refractivity contribution in [1.82, 2.24) is 20.4 Å². The van der Waals surface area contributed by atoms with Crippen LogP contribution >= 0.6 is 24.0 Å². The van der Waals surface area contributed by atoms with E-state index < -0.39 is 5.60 Å². The van der Waals surface area contributed by atoms with Gasteiger partial charge in [-0.15, -0.1) is 24.0 Å². The number of nitrogens with one attached hydrogen (secondary N) is 2. The molecule has 0 radical (unpaired) electrons. The van der Waals surface area contributed by atoms with Gasteiger partial charge in [0.15, 0.2) is 5.96 Å². The minimum absolute atomic E-state index is 0. The molecule has 26 heavy (non-hydrogen) atoms. The summed E-state index contributed by atoms with van der Waals surface area (Å²) in [5.74, 6) is 0.775. The number of hydrogen-bond acceptors (Lipinski definition) is 5. The summed E-state index contributed by atoms with van der Waals surface area (Å²) in [6.45, 7) is 13.2. The molecule has 1 atom stereocenters. The van der Waals surface area contributed by atoms with Gasteiger partial charge in [0.25, 0.3) is 0 Å². The normalized spacial score (nSPS) is 17.3. The van der Waals surface area contributed by atoms with Gasteiger partial charge in [-0.1, -0.05) is 0 Å². The van der Waals surface area contributed by atoms with Crippen molar-refractivity contribution in [2.24, 2.45) is 4.99 Å². The van der Waals surface area contributed by atoms with E-state index in [1.807, 2.05) is 27.7 Å². The zero-order valence-corrected chi connectivity index (χ0v) is 19.3. The third kappa shape index (κ3) is 10.4. The van der Waals surface area contributed by atoms with E-state index in [4.69, 9.17) is 9.47 Å². The van der Waals surface area contributed by atoms with Crippen molar-refractivity contribution in [3.63, 3.8) is 0 Å². The molecule has 1 fully saturated rings. The summed E-state index contributed by atoms with van der Waals surface area (Å²) in [5.41, 5.74) is -0.443. The van der Waals surface area contributed by atoms with Gasteiger partial charge >= 0.3 is 6.09 Å². The fraction of sp³-hybridized carbons (Fsp3) is 0.882. The average Bonchev–Trinajstić information content (AvgIpc) is 2.53. The zero-order chi connectivity index (χ0) is 18.9. The lowest BCUT2D eigenvalue weighted by Gasteiger charge is -2.35. The van der Waals surface area contributed by atoms with E-state index in [1.165, 1.54) is 0 Å². The highest BCUT2D eigenvalue weighted by atomic mass is 127. The Kier molecular flexibility index (Phi) is 12.2. The van der Waals surface area contributed by atoms with Gasteiger partial charge in [-0.25, -0.2) is 4.79 Å². The van der Waals surface area contributed by atoms with Gasteiger partial charge in [-0.2, -0.15) is 0 Å². The molecule has 0 aromatic heterocycles. The van der Waals surface area contributed by atoms with Crippen molar-refractivity contribution < 1.29 is 14.3 Å². The molecule has 1 amide bonds. The van der Waals surface area contributed by atoms with E-state index in [0.29, 0.717) is 19.7 Å². The van der Waals surface area contributed by atoms with Crippen molar-refractivity contribution in [3.05, 3.63) is 0 Å². The van der Waals surface area contributed by atoms with E-state index in [-0.39, 0.29) is 36.1 Å². The van der Waals surface area contributed by atoms with E-state index in [2.05, 4.69) is 20.5 Å². The molecular weight excluding hydrogens is 449 g/mol. The molecule has 1 unspecified atom stereocenters. The van der Waals surface area contributed by atoms with Gasteiger partial charge in [0, 0.05) is 59.5 Å². The number of rotatable bonds is 6. The van der Waals surface area contributed by atoms with Crippen LogP contribution in [-0.4, -0.2) is 93.5 Å². The molecule has 1 aliphatic rings. The first-order valence-electron chi connectivity index (χ1n) is 8.91. The lowest BCUT2D eigenvalue weighted by Crippen LogP contribution is -2.52. The van der Waals surface area contributed by atoms with Crippen LogP contribution in [0.1, 0.15) is 27.7 Å². The minimum Gasteiger partial charge on any atom is -0.444 e. The smallest absolute Gasteiger partial charge is 0.410 e. The van der Waals surface area contributed by atoms with Gasteiger partial charge in [0.2, 0.25) is 0 Å². The van der Waals surface area contributed by atoms with Crippen molar-refractivity contribution in [2.75, 3.05) is 60.0 Å². The number of aliphatic imine (C=N–C) groups is 1. The molecule has 0 saturated carbocycles.